The van der Waals surface area contributed by atoms with Crippen LogP contribution in [0.3, 0.4) is 0 Å². The molecule has 0 bridgehead atoms. The molecule has 1 atom stereocenters. The predicted molar refractivity (Wildman–Crippen MR) is 56.4 cm³/mol. The zero-order chi connectivity index (χ0) is 10.5. The van der Waals surface area contributed by atoms with Crippen molar-refractivity contribution in [1.29, 1.82) is 0 Å². The van der Waals surface area contributed by atoms with Crippen molar-refractivity contribution in [2.75, 3.05) is 6.54 Å². The van der Waals surface area contributed by atoms with Gasteiger partial charge >= 0.3 is 0 Å². The number of hydrogen-bond donors (Lipinski definition) is 1. The number of hydrogen-bond acceptors (Lipinski definition) is 1. The summed E-state index contributed by atoms with van der Waals surface area (Å²) in [7, 11) is 0. The van der Waals surface area contributed by atoms with Crippen LogP contribution in [0.5, 0.6) is 0 Å². The van der Waals surface area contributed by atoms with Gasteiger partial charge < -0.3 is 5.32 Å². The van der Waals surface area contributed by atoms with Crippen LogP contribution in [0.4, 0.5) is 0 Å². The van der Waals surface area contributed by atoms with E-state index in [9.17, 15) is 4.79 Å². The van der Waals surface area contributed by atoms with Crippen LogP contribution in [0, 0.1) is 11.3 Å². The Hall–Kier alpha value is -0.790. The molecule has 13 heavy (non-hydrogen) atoms. The normalized spacial score (nSPS) is 14.5. The second-order valence-electron chi connectivity index (χ2n) is 4.51. The molecule has 1 unspecified atom stereocenters. The Bertz CT molecular complexity index is 189. The Morgan fingerprint density at radius 3 is 2.38 bits per heavy atom. The molecular formula is C11H21NO. The third-order valence-electron chi connectivity index (χ3n) is 2.38. The third-order valence-corrected chi connectivity index (χ3v) is 2.38. The van der Waals surface area contributed by atoms with E-state index in [-0.39, 0.29) is 11.3 Å². The van der Waals surface area contributed by atoms with Crippen LogP contribution < -0.4 is 5.32 Å². The van der Waals surface area contributed by atoms with Gasteiger partial charge in [0, 0.05) is 6.54 Å². The van der Waals surface area contributed by atoms with Gasteiger partial charge in [0.2, 0.25) is 5.91 Å². The van der Waals surface area contributed by atoms with Crippen molar-refractivity contribution in [1.82, 2.24) is 5.32 Å². The second-order valence-corrected chi connectivity index (χ2v) is 4.51. The molecule has 0 aliphatic rings. The Morgan fingerprint density at radius 2 is 2.00 bits per heavy atom. The molecule has 1 N–H and O–H groups in total. The van der Waals surface area contributed by atoms with Crippen molar-refractivity contribution < 1.29 is 4.79 Å². The molecule has 0 radical (unpaired) electrons. The number of carbonyl (C=O) groups is 1. The first-order valence-corrected chi connectivity index (χ1v) is 4.78. The van der Waals surface area contributed by atoms with Crippen molar-refractivity contribution in [3.05, 3.63) is 12.2 Å². The minimum absolute atomic E-state index is 0.00130. The van der Waals surface area contributed by atoms with Gasteiger partial charge in [0.05, 0.1) is 0 Å². The van der Waals surface area contributed by atoms with E-state index in [4.69, 9.17) is 0 Å². The summed E-state index contributed by atoms with van der Waals surface area (Å²) in [5, 5.41) is 2.86. The fourth-order valence-electron chi connectivity index (χ4n) is 0.770. The fraction of sp³-hybridized carbons (Fsp3) is 0.727. The number of amides is 1. The maximum absolute atomic E-state index is 11.1. The summed E-state index contributed by atoms with van der Waals surface area (Å²) in [6.07, 6.45) is 3.30. The smallest absolute Gasteiger partial charge is 0.243 e. The van der Waals surface area contributed by atoms with Gasteiger partial charge in [-0.2, -0.15) is 0 Å². The molecule has 2 nitrogen and oxygen atoms in total. The van der Waals surface area contributed by atoms with Gasteiger partial charge in [-0.05, 0) is 24.3 Å². The summed E-state index contributed by atoms with van der Waals surface area (Å²) in [5.74, 6) is 0.486. The number of rotatable bonds is 3. The van der Waals surface area contributed by atoms with E-state index in [1.807, 2.05) is 6.92 Å². The van der Waals surface area contributed by atoms with Gasteiger partial charge in [-0.25, -0.2) is 0 Å². The van der Waals surface area contributed by atoms with Crippen molar-refractivity contribution in [3.8, 4) is 0 Å². The Morgan fingerprint density at radius 1 is 1.46 bits per heavy atom. The molecule has 76 valence electrons. The highest BCUT2D eigenvalue weighted by atomic mass is 16.1. The van der Waals surface area contributed by atoms with Crippen molar-refractivity contribution in [2.24, 2.45) is 11.3 Å². The summed E-state index contributed by atoms with van der Waals surface area (Å²) in [6, 6.07) is 0. The van der Waals surface area contributed by atoms with Gasteiger partial charge in [-0.3, -0.25) is 4.79 Å². The zero-order valence-electron chi connectivity index (χ0n) is 9.35. The lowest BCUT2D eigenvalue weighted by molar-refractivity contribution is -0.116. The number of carbonyl (C=O) groups excluding carboxylic acids is 1. The summed E-state index contributed by atoms with van der Waals surface area (Å²) in [4.78, 5) is 11.1. The van der Waals surface area contributed by atoms with Crippen LogP contribution in [-0.4, -0.2) is 12.5 Å². The minimum atomic E-state index is -0.00130. The van der Waals surface area contributed by atoms with Gasteiger partial charge in [0.1, 0.15) is 0 Å². The number of allylic oxidation sites excluding steroid dienone is 1. The van der Waals surface area contributed by atoms with Crippen molar-refractivity contribution >= 4 is 5.91 Å². The first-order chi connectivity index (χ1) is 5.88. The summed E-state index contributed by atoms with van der Waals surface area (Å²) < 4.78 is 0. The van der Waals surface area contributed by atoms with Crippen LogP contribution in [0.2, 0.25) is 0 Å². The van der Waals surface area contributed by atoms with Crippen molar-refractivity contribution in [2.45, 2.75) is 34.6 Å². The molecule has 0 aliphatic carbocycles. The second kappa shape index (κ2) is 5.05. The fourth-order valence-corrected chi connectivity index (χ4v) is 0.770. The first kappa shape index (κ1) is 12.2. The maximum atomic E-state index is 11.1. The molecule has 0 saturated heterocycles. The summed E-state index contributed by atoms with van der Waals surface area (Å²) >= 11 is 0. The predicted octanol–water partition coefficient (Wildman–Crippen LogP) is 2.36. The van der Waals surface area contributed by atoms with Crippen LogP contribution in [0.25, 0.3) is 0 Å². The van der Waals surface area contributed by atoms with E-state index in [2.05, 4.69) is 33.0 Å². The SMILES string of the molecule is C/C=C/C(=O)NCC(C)C(C)(C)C. The minimum Gasteiger partial charge on any atom is -0.352 e. The highest BCUT2D eigenvalue weighted by molar-refractivity contribution is 5.87. The van der Waals surface area contributed by atoms with Crippen LogP contribution >= 0.6 is 0 Å². The van der Waals surface area contributed by atoms with E-state index < -0.39 is 0 Å². The van der Waals surface area contributed by atoms with E-state index in [0.29, 0.717) is 5.92 Å². The Kier molecular flexibility index (Phi) is 4.74. The van der Waals surface area contributed by atoms with Gasteiger partial charge in [-0.15, -0.1) is 0 Å². The lowest BCUT2D eigenvalue weighted by Crippen LogP contribution is -2.32. The standard InChI is InChI=1S/C11H21NO/c1-6-7-10(13)12-8-9(2)11(3,4)5/h6-7,9H,8H2,1-5H3,(H,12,13)/b7-6+. The van der Waals surface area contributed by atoms with Gasteiger partial charge in [0.25, 0.3) is 0 Å². The molecule has 0 aliphatic heterocycles. The van der Waals surface area contributed by atoms with E-state index in [1.165, 1.54) is 0 Å². The zero-order valence-corrected chi connectivity index (χ0v) is 9.35. The topological polar surface area (TPSA) is 29.1 Å². The monoisotopic (exact) mass is 183 g/mol. The molecule has 0 aromatic rings. The highest BCUT2D eigenvalue weighted by Gasteiger charge is 2.19. The molecule has 0 fully saturated rings. The molecule has 0 rings (SSSR count). The first-order valence-electron chi connectivity index (χ1n) is 4.78. The van der Waals surface area contributed by atoms with Crippen molar-refractivity contribution in [3.63, 3.8) is 0 Å². The van der Waals surface area contributed by atoms with Crippen LogP contribution in [0.15, 0.2) is 12.2 Å². The molecule has 1 amide bonds. The van der Waals surface area contributed by atoms with Crippen LogP contribution in [-0.2, 0) is 4.79 Å². The summed E-state index contributed by atoms with van der Waals surface area (Å²) in [6.45, 7) is 11.3. The average Bonchev–Trinajstić information content (AvgIpc) is 1.99. The van der Waals surface area contributed by atoms with Gasteiger partial charge in [0.15, 0.2) is 0 Å². The molecule has 2 heteroatoms. The molecule has 0 heterocycles. The molecule has 0 saturated carbocycles. The third kappa shape index (κ3) is 5.45. The van der Waals surface area contributed by atoms with Gasteiger partial charge in [-0.1, -0.05) is 33.8 Å². The Labute approximate surface area is 81.4 Å². The molecule has 0 aromatic heterocycles. The van der Waals surface area contributed by atoms with E-state index >= 15 is 0 Å². The average molecular weight is 183 g/mol. The number of nitrogens with one attached hydrogen (secondary N) is 1. The molecule has 0 aromatic carbocycles. The van der Waals surface area contributed by atoms with Crippen LogP contribution in [0.1, 0.15) is 34.6 Å². The maximum Gasteiger partial charge on any atom is 0.243 e. The molecule has 0 spiro atoms. The summed E-state index contributed by atoms with van der Waals surface area (Å²) in [5.41, 5.74) is 0.253. The van der Waals surface area contributed by atoms with E-state index in [1.54, 1.807) is 12.2 Å². The van der Waals surface area contributed by atoms with E-state index in [0.717, 1.165) is 6.54 Å². The molecular weight excluding hydrogens is 162 g/mol. The lowest BCUT2D eigenvalue weighted by atomic mass is 9.82. The lowest BCUT2D eigenvalue weighted by Gasteiger charge is -2.27. The Balaban J connectivity index is 3.83. The highest BCUT2D eigenvalue weighted by Crippen LogP contribution is 2.24. The largest absolute Gasteiger partial charge is 0.352 e. The quantitative estimate of drug-likeness (QED) is 0.669.